The third-order valence-electron chi connectivity index (χ3n) is 5.11. The first-order chi connectivity index (χ1) is 15.1. The lowest BCUT2D eigenvalue weighted by molar-refractivity contribution is 0.612. The van der Waals surface area contributed by atoms with Crippen molar-refractivity contribution < 1.29 is 8.78 Å². The van der Waals surface area contributed by atoms with Crippen LogP contribution >= 0.6 is 0 Å². The highest BCUT2D eigenvalue weighted by Crippen LogP contribution is 2.13. The van der Waals surface area contributed by atoms with Crippen molar-refractivity contribution in [3.63, 3.8) is 0 Å². The van der Waals surface area contributed by atoms with Crippen LogP contribution in [0.3, 0.4) is 0 Å². The van der Waals surface area contributed by atoms with Crippen LogP contribution in [-0.4, -0.2) is 0 Å². The largest absolute Gasteiger partial charge is 0.207 e. The first-order valence-electron chi connectivity index (χ1n) is 10.8. The van der Waals surface area contributed by atoms with Crippen molar-refractivity contribution >= 4 is 0 Å². The van der Waals surface area contributed by atoms with E-state index in [1.54, 1.807) is 18.2 Å². The SMILES string of the molecule is CCCCCc1ccc(C#Cc2ccc(C#Cc3ccc(CC)c(F)c3)cc2)c(F)c1. The van der Waals surface area contributed by atoms with E-state index in [-0.39, 0.29) is 11.6 Å². The predicted octanol–water partition coefficient (Wildman–Crippen LogP) is 7.06. The van der Waals surface area contributed by atoms with Crippen molar-refractivity contribution in [1.82, 2.24) is 0 Å². The van der Waals surface area contributed by atoms with E-state index in [4.69, 9.17) is 0 Å². The number of rotatable bonds is 5. The summed E-state index contributed by atoms with van der Waals surface area (Å²) in [5.41, 5.74) is 4.36. The zero-order valence-electron chi connectivity index (χ0n) is 18.1. The summed E-state index contributed by atoms with van der Waals surface area (Å²) in [7, 11) is 0. The van der Waals surface area contributed by atoms with Crippen LogP contribution in [0, 0.1) is 35.3 Å². The van der Waals surface area contributed by atoms with E-state index in [1.807, 2.05) is 43.3 Å². The summed E-state index contributed by atoms with van der Waals surface area (Å²) >= 11 is 0. The lowest BCUT2D eigenvalue weighted by Gasteiger charge is -2.02. The second-order valence-corrected chi connectivity index (χ2v) is 7.51. The van der Waals surface area contributed by atoms with Crippen LogP contribution in [-0.2, 0) is 12.8 Å². The Morgan fingerprint density at radius 3 is 1.90 bits per heavy atom. The van der Waals surface area contributed by atoms with Crippen LogP contribution < -0.4 is 0 Å². The van der Waals surface area contributed by atoms with Gasteiger partial charge < -0.3 is 0 Å². The van der Waals surface area contributed by atoms with E-state index in [0.29, 0.717) is 23.1 Å². The second kappa shape index (κ2) is 11.1. The Morgan fingerprint density at radius 2 is 1.29 bits per heavy atom. The molecule has 3 rings (SSSR count). The Morgan fingerprint density at radius 1 is 0.645 bits per heavy atom. The van der Waals surface area contributed by atoms with Crippen molar-refractivity contribution in [2.75, 3.05) is 0 Å². The quantitative estimate of drug-likeness (QED) is 0.311. The average Bonchev–Trinajstić information content (AvgIpc) is 2.78. The van der Waals surface area contributed by atoms with E-state index < -0.39 is 0 Å². The number of hydrogen-bond acceptors (Lipinski definition) is 0. The Labute approximate surface area is 184 Å². The first-order valence-corrected chi connectivity index (χ1v) is 10.8. The molecule has 0 saturated heterocycles. The highest BCUT2D eigenvalue weighted by molar-refractivity contribution is 5.48. The lowest BCUT2D eigenvalue weighted by Crippen LogP contribution is -1.90. The number of benzene rings is 3. The van der Waals surface area contributed by atoms with Gasteiger partial charge in [-0.3, -0.25) is 0 Å². The number of aryl methyl sites for hydroxylation is 2. The van der Waals surface area contributed by atoms with Gasteiger partial charge in [-0.05, 0) is 78.9 Å². The molecule has 0 aliphatic carbocycles. The van der Waals surface area contributed by atoms with Crippen LogP contribution in [0.15, 0.2) is 60.7 Å². The maximum atomic E-state index is 14.3. The van der Waals surface area contributed by atoms with Gasteiger partial charge in [0.2, 0.25) is 0 Å². The number of unbranched alkanes of at least 4 members (excludes halogenated alkanes) is 2. The normalized spacial score (nSPS) is 10.1. The maximum absolute atomic E-state index is 14.3. The molecule has 3 aromatic rings. The van der Waals surface area contributed by atoms with E-state index in [9.17, 15) is 8.78 Å². The third-order valence-corrected chi connectivity index (χ3v) is 5.11. The van der Waals surface area contributed by atoms with Gasteiger partial charge in [-0.1, -0.05) is 62.5 Å². The van der Waals surface area contributed by atoms with Gasteiger partial charge in [0.15, 0.2) is 0 Å². The third kappa shape index (κ3) is 6.56. The van der Waals surface area contributed by atoms with Crippen molar-refractivity contribution in [3.8, 4) is 23.7 Å². The van der Waals surface area contributed by atoms with Gasteiger partial charge in [0.05, 0.1) is 5.56 Å². The molecule has 31 heavy (non-hydrogen) atoms. The fraction of sp³-hybridized carbons (Fsp3) is 0.241. The van der Waals surface area contributed by atoms with Gasteiger partial charge in [-0.2, -0.15) is 0 Å². The van der Waals surface area contributed by atoms with Crippen molar-refractivity contribution in [1.29, 1.82) is 0 Å². The van der Waals surface area contributed by atoms with Crippen molar-refractivity contribution in [3.05, 3.63) is 106 Å². The predicted molar refractivity (Wildman–Crippen MR) is 124 cm³/mol. The standard InChI is InChI=1S/C29H26F2/c1-3-5-6-7-24-16-19-27(29(31)20-24)18-14-23-10-8-22(9-11-23)12-13-25-15-17-26(4-2)28(30)21-25/h8-11,15-17,19-21H,3-7H2,1-2H3. The summed E-state index contributed by atoms with van der Waals surface area (Å²) in [6.07, 6.45) is 4.95. The minimum absolute atomic E-state index is 0.221. The topological polar surface area (TPSA) is 0 Å². The average molecular weight is 413 g/mol. The van der Waals surface area contributed by atoms with E-state index in [0.717, 1.165) is 42.4 Å². The van der Waals surface area contributed by atoms with Crippen LogP contribution in [0.5, 0.6) is 0 Å². The molecule has 0 aliphatic heterocycles. The molecule has 0 spiro atoms. The van der Waals surface area contributed by atoms with Gasteiger partial charge in [0.25, 0.3) is 0 Å². The van der Waals surface area contributed by atoms with Crippen LogP contribution in [0.4, 0.5) is 8.78 Å². The summed E-state index contributed by atoms with van der Waals surface area (Å²) in [4.78, 5) is 0. The Balaban J connectivity index is 1.67. The summed E-state index contributed by atoms with van der Waals surface area (Å²) in [6, 6.07) is 17.8. The van der Waals surface area contributed by atoms with Crippen LogP contribution in [0.2, 0.25) is 0 Å². The van der Waals surface area contributed by atoms with Gasteiger partial charge >= 0.3 is 0 Å². The smallest absolute Gasteiger partial charge is 0.139 e. The number of halogens is 2. The molecule has 0 amide bonds. The minimum atomic E-state index is -0.273. The molecule has 0 heterocycles. The lowest BCUT2D eigenvalue weighted by atomic mass is 10.0. The molecule has 0 atom stereocenters. The summed E-state index contributed by atoms with van der Waals surface area (Å²) in [5.74, 6) is 11.5. The second-order valence-electron chi connectivity index (χ2n) is 7.51. The highest BCUT2D eigenvalue weighted by atomic mass is 19.1. The molecule has 0 aliphatic rings. The Kier molecular flexibility index (Phi) is 8.03. The maximum Gasteiger partial charge on any atom is 0.139 e. The molecule has 0 saturated carbocycles. The molecule has 0 aromatic heterocycles. The van der Waals surface area contributed by atoms with E-state index in [2.05, 4.69) is 30.6 Å². The van der Waals surface area contributed by atoms with E-state index >= 15 is 0 Å². The molecule has 0 N–H and O–H groups in total. The van der Waals surface area contributed by atoms with Gasteiger partial charge in [0, 0.05) is 16.7 Å². The zero-order valence-corrected chi connectivity index (χ0v) is 18.1. The molecule has 156 valence electrons. The first kappa shape index (κ1) is 22.3. The Hall–Kier alpha value is -3.36. The van der Waals surface area contributed by atoms with Crippen LogP contribution in [0.25, 0.3) is 0 Å². The molecule has 2 heteroatoms. The fourth-order valence-corrected chi connectivity index (χ4v) is 3.23. The van der Waals surface area contributed by atoms with Gasteiger partial charge in [-0.15, -0.1) is 0 Å². The van der Waals surface area contributed by atoms with Gasteiger partial charge in [-0.25, -0.2) is 8.78 Å². The zero-order chi connectivity index (χ0) is 22.1. The summed E-state index contributed by atoms with van der Waals surface area (Å²) < 4.78 is 28.2. The van der Waals surface area contributed by atoms with Crippen LogP contribution in [0.1, 0.15) is 66.5 Å². The molecule has 0 nitrogen and oxygen atoms in total. The van der Waals surface area contributed by atoms with Crippen molar-refractivity contribution in [2.24, 2.45) is 0 Å². The highest BCUT2D eigenvalue weighted by Gasteiger charge is 2.02. The Bertz CT molecular complexity index is 1150. The molecule has 0 unspecified atom stereocenters. The van der Waals surface area contributed by atoms with E-state index in [1.165, 1.54) is 6.07 Å². The molecular formula is C29H26F2. The summed E-state index contributed by atoms with van der Waals surface area (Å²) in [5, 5.41) is 0. The molecular weight excluding hydrogens is 386 g/mol. The van der Waals surface area contributed by atoms with Crippen molar-refractivity contribution in [2.45, 2.75) is 46.0 Å². The van der Waals surface area contributed by atoms with Gasteiger partial charge in [0.1, 0.15) is 11.6 Å². The monoisotopic (exact) mass is 412 g/mol. The number of hydrogen-bond donors (Lipinski definition) is 0. The molecule has 3 aromatic carbocycles. The summed E-state index contributed by atoms with van der Waals surface area (Å²) in [6.45, 7) is 4.08. The molecule has 0 radical (unpaired) electrons. The minimum Gasteiger partial charge on any atom is -0.207 e. The molecule has 0 bridgehead atoms. The molecule has 0 fully saturated rings. The fourth-order valence-electron chi connectivity index (χ4n) is 3.23.